The highest BCUT2D eigenvalue weighted by molar-refractivity contribution is 5.42. The van der Waals surface area contributed by atoms with E-state index in [1.54, 1.807) is 7.11 Å². The Morgan fingerprint density at radius 3 is 2.76 bits per heavy atom. The molecule has 0 aliphatic heterocycles. The van der Waals surface area contributed by atoms with E-state index >= 15 is 0 Å². The first-order valence-corrected chi connectivity index (χ1v) is 5.61. The lowest BCUT2D eigenvalue weighted by atomic mass is 10.2. The summed E-state index contributed by atoms with van der Waals surface area (Å²) < 4.78 is 10.8. The van der Waals surface area contributed by atoms with E-state index in [1.807, 2.05) is 32.0 Å². The van der Waals surface area contributed by atoms with Crippen molar-refractivity contribution in [1.82, 2.24) is 5.32 Å². The highest BCUT2D eigenvalue weighted by Crippen LogP contribution is 2.27. The molecule has 1 atom stereocenters. The van der Waals surface area contributed by atoms with Gasteiger partial charge in [0.1, 0.15) is 12.6 Å². The van der Waals surface area contributed by atoms with Crippen LogP contribution >= 0.6 is 0 Å². The minimum Gasteiger partial charge on any atom is -0.493 e. The molecule has 0 aliphatic carbocycles. The first kappa shape index (κ1) is 13.3. The number of hydrogen-bond donors (Lipinski definition) is 1. The van der Waals surface area contributed by atoms with Crippen LogP contribution in [0.15, 0.2) is 18.2 Å². The normalized spacial score (nSPS) is 11.6. The quantitative estimate of drug-likeness (QED) is 0.816. The van der Waals surface area contributed by atoms with Gasteiger partial charge < -0.3 is 9.47 Å². The predicted molar refractivity (Wildman–Crippen MR) is 66.3 cm³/mol. The van der Waals surface area contributed by atoms with Gasteiger partial charge in [-0.15, -0.1) is 0 Å². The lowest BCUT2D eigenvalue weighted by Crippen LogP contribution is -2.33. The zero-order valence-electron chi connectivity index (χ0n) is 10.5. The molecule has 0 fully saturated rings. The molecule has 0 spiro atoms. The van der Waals surface area contributed by atoms with Gasteiger partial charge in [-0.3, -0.25) is 5.32 Å². The van der Waals surface area contributed by atoms with Gasteiger partial charge in [-0.25, -0.2) is 0 Å². The molecule has 1 unspecified atom stereocenters. The zero-order chi connectivity index (χ0) is 12.7. The van der Waals surface area contributed by atoms with Gasteiger partial charge in [0.15, 0.2) is 11.5 Å². The third-order valence-corrected chi connectivity index (χ3v) is 2.33. The lowest BCUT2D eigenvalue weighted by Gasteiger charge is -2.14. The Morgan fingerprint density at radius 1 is 1.41 bits per heavy atom. The highest BCUT2D eigenvalue weighted by Gasteiger charge is 2.09. The van der Waals surface area contributed by atoms with Crippen molar-refractivity contribution in [2.75, 3.05) is 20.3 Å². The summed E-state index contributed by atoms with van der Waals surface area (Å²) in [5.74, 6) is 1.36. The number of nitrogens with zero attached hydrogens (tertiary/aromatic N) is 1. The van der Waals surface area contributed by atoms with Gasteiger partial charge in [-0.1, -0.05) is 13.0 Å². The average Bonchev–Trinajstić information content (AvgIpc) is 2.35. The minimum atomic E-state index is -0.300. The van der Waals surface area contributed by atoms with Crippen molar-refractivity contribution < 1.29 is 9.47 Å². The van der Waals surface area contributed by atoms with Crippen molar-refractivity contribution in [2.45, 2.75) is 19.9 Å². The monoisotopic (exact) mass is 234 g/mol. The van der Waals surface area contributed by atoms with Gasteiger partial charge in [0.25, 0.3) is 0 Å². The zero-order valence-corrected chi connectivity index (χ0v) is 10.5. The van der Waals surface area contributed by atoms with E-state index in [0.717, 1.165) is 12.1 Å². The third-order valence-electron chi connectivity index (χ3n) is 2.33. The topological polar surface area (TPSA) is 54.3 Å². The van der Waals surface area contributed by atoms with Crippen LogP contribution in [0.5, 0.6) is 11.5 Å². The molecule has 0 bridgehead atoms. The molecule has 0 amide bonds. The fourth-order valence-electron chi connectivity index (χ4n) is 1.46. The summed E-state index contributed by atoms with van der Waals surface area (Å²) in [4.78, 5) is 0. The van der Waals surface area contributed by atoms with E-state index in [-0.39, 0.29) is 6.04 Å². The summed E-state index contributed by atoms with van der Waals surface area (Å²) in [7, 11) is 1.60. The van der Waals surface area contributed by atoms with E-state index in [0.29, 0.717) is 18.1 Å². The number of methoxy groups -OCH3 is 1. The van der Waals surface area contributed by atoms with Gasteiger partial charge >= 0.3 is 0 Å². The first-order valence-electron chi connectivity index (χ1n) is 5.61. The Morgan fingerprint density at radius 2 is 2.18 bits per heavy atom. The fourth-order valence-corrected chi connectivity index (χ4v) is 1.46. The first-order chi connectivity index (χ1) is 8.21. The minimum absolute atomic E-state index is 0.300. The van der Waals surface area contributed by atoms with Gasteiger partial charge in [0, 0.05) is 0 Å². The van der Waals surface area contributed by atoms with E-state index in [2.05, 4.69) is 11.4 Å². The van der Waals surface area contributed by atoms with Crippen LogP contribution in [0.4, 0.5) is 0 Å². The average molecular weight is 234 g/mol. The number of benzene rings is 1. The Hall–Kier alpha value is -1.73. The number of aryl methyl sites for hydroxylation is 1. The molecule has 4 nitrogen and oxygen atoms in total. The molecular formula is C13H18N2O2. The summed E-state index contributed by atoms with van der Waals surface area (Å²) in [6.07, 6.45) is 0. The summed E-state index contributed by atoms with van der Waals surface area (Å²) >= 11 is 0. The van der Waals surface area contributed by atoms with Crippen LogP contribution < -0.4 is 14.8 Å². The third kappa shape index (κ3) is 3.97. The second kappa shape index (κ2) is 6.77. The Kier molecular flexibility index (Phi) is 5.31. The van der Waals surface area contributed by atoms with E-state index < -0.39 is 0 Å². The lowest BCUT2D eigenvalue weighted by molar-refractivity contribution is 0.274. The molecule has 17 heavy (non-hydrogen) atoms. The van der Waals surface area contributed by atoms with Crippen LogP contribution in [-0.4, -0.2) is 26.3 Å². The highest BCUT2D eigenvalue weighted by atomic mass is 16.5. The van der Waals surface area contributed by atoms with Crippen LogP contribution in [0.3, 0.4) is 0 Å². The smallest absolute Gasteiger partial charge is 0.161 e. The maximum absolute atomic E-state index is 8.88. The molecule has 1 rings (SSSR count). The number of likely N-dealkylation sites (N-methyl/N-ethyl adjacent to an activating group) is 1. The molecule has 0 saturated carbocycles. The number of ether oxygens (including phenoxy) is 2. The molecule has 0 heterocycles. The van der Waals surface area contributed by atoms with Crippen LogP contribution in [-0.2, 0) is 0 Å². The largest absolute Gasteiger partial charge is 0.493 e. The van der Waals surface area contributed by atoms with Gasteiger partial charge in [-0.05, 0) is 31.2 Å². The van der Waals surface area contributed by atoms with Gasteiger partial charge in [0.2, 0.25) is 0 Å². The molecule has 4 heteroatoms. The van der Waals surface area contributed by atoms with Crippen molar-refractivity contribution in [1.29, 1.82) is 5.26 Å². The predicted octanol–water partition coefficient (Wildman–Crippen LogP) is 1.88. The molecule has 1 N–H and O–H groups in total. The van der Waals surface area contributed by atoms with Crippen LogP contribution in [0.25, 0.3) is 0 Å². The van der Waals surface area contributed by atoms with Crippen molar-refractivity contribution in [3.8, 4) is 17.6 Å². The summed E-state index contributed by atoms with van der Waals surface area (Å²) in [5.41, 5.74) is 1.11. The Bertz CT molecular complexity index is 399. The molecule has 1 aromatic carbocycles. The SMILES string of the molecule is CCNC(C#N)COc1ccc(C)cc1OC. The molecule has 0 aromatic heterocycles. The van der Waals surface area contributed by atoms with E-state index in [4.69, 9.17) is 14.7 Å². The number of rotatable bonds is 6. The summed E-state index contributed by atoms with van der Waals surface area (Å²) in [5, 5.41) is 11.9. The van der Waals surface area contributed by atoms with Gasteiger partial charge in [0.05, 0.1) is 13.2 Å². The second-order valence-corrected chi connectivity index (χ2v) is 3.70. The van der Waals surface area contributed by atoms with Crippen molar-refractivity contribution in [3.63, 3.8) is 0 Å². The molecule has 0 saturated heterocycles. The van der Waals surface area contributed by atoms with Gasteiger partial charge in [-0.2, -0.15) is 5.26 Å². The molecule has 0 radical (unpaired) electrons. The fraction of sp³-hybridized carbons (Fsp3) is 0.462. The molecule has 92 valence electrons. The van der Waals surface area contributed by atoms with Crippen molar-refractivity contribution >= 4 is 0 Å². The summed E-state index contributed by atoms with van der Waals surface area (Å²) in [6.45, 7) is 5.00. The number of nitriles is 1. The molecule has 0 aliphatic rings. The maximum Gasteiger partial charge on any atom is 0.161 e. The second-order valence-electron chi connectivity index (χ2n) is 3.70. The van der Waals surface area contributed by atoms with E-state index in [1.165, 1.54) is 0 Å². The molecular weight excluding hydrogens is 216 g/mol. The van der Waals surface area contributed by atoms with Crippen molar-refractivity contribution in [3.05, 3.63) is 23.8 Å². The maximum atomic E-state index is 8.88. The molecule has 1 aromatic rings. The standard InChI is InChI=1S/C13H18N2O2/c1-4-15-11(8-14)9-17-12-6-5-10(2)7-13(12)16-3/h5-7,11,15H,4,9H2,1-3H3. The van der Waals surface area contributed by atoms with Crippen LogP contribution in [0.1, 0.15) is 12.5 Å². The van der Waals surface area contributed by atoms with Crippen LogP contribution in [0, 0.1) is 18.3 Å². The number of nitrogens with one attached hydrogen (secondary N) is 1. The van der Waals surface area contributed by atoms with E-state index in [9.17, 15) is 0 Å². The Balaban J connectivity index is 2.65. The number of hydrogen-bond acceptors (Lipinski definition) is 4. The van der Waals surface area contributed by atoms with Crippen LogP contribution in [0.2, 0.25) is 0 Å². The summed E-state index contributed by atoms with van der Waals surface area (Å²) in [6, 6.07) is 7.56. The Labute approximate surface area is 102 Å². The van der Waals surface area contributed by atoms with Crippen molar-refractivity contribution in [2.24, 2.45) is 0 Å².